The molecular formula is C22H28BrN7S. The van der Waals surface area contributed by atoms with Crippen LogP contribution in [0.2, 0.25) is 0 Å². The van der Waals surface area contributed by atoms with Gasteiger partial charge in [-0.1, -0.05) is 25.3 Å². The van der Waals surface area contributed by atoms with E-state index in [0.29, 0.717) is 12.0 Å². The van der Waals surface area contributed by atoms with E-state index in [4.69, 9.17) is 4.98 Å². The van der Waals surface area contributed by atoms with Gasteiger partial charge in [0.15, 0.2) is 0 Å². The Hall–Kier alpha value is -2.13. The second kappa shape index (κ2) is 9.99. The molecule has 3 aromatic rings. The summed E-state index contributed by atoms with van der Waals surface area (Å²) in [6.07, 6.45) is 13.4. The minimum atomic E-state index is 0.436. The SMILES string of the molecule is CC[C@H]1CC[C@H](Nc2ncc(Br)c(Nc3ccc4nccnc4c3N(C)SC)n2)CC1. The van der Waals surface area contributed by atoms with E-state index < -0.39 is 0 Å². The Morgan fingerprint density at radius 2 is 1.90 bits per heavy atom. The maximum atomic E-state index is 4.77. The third kappa shape index (κ3) is 5.03. The van der Waals surface area contributed by atoms with E-state index in [0.717, 1.165) is 38.6 Å². The van der Waals surface area contributed by atoms with Crippen LogP contribution in [0.15, 0.2) is 35.2 Å². The second-order valence-corrected chi connectivity index (χ2v) is 9.62. The molecule has 1 aliphatic carbocycles. The third-order valence-corrected chi connectivity index (χ3v) is 7.27. The zero-order valence-electron chi connectivity index (χ0n) is 18.1. The first-order valence-electron chi connectivity index (χ1n) is 10.7. The molecule has 1 saturated carbocycles. The van der Waals surface area contributed by atoms with Crippen LogP contribution in [0.3, 0.4) is 0 Å². The van der Waals surface area contributed by atoms with Gasteiger partial charge in [-0.15, -0.1) is 0 Å². The van der Waals surface area contributed by atoms with Crippen LogP contribution < -0.4 is 14.9 Å². The molecule has 1 aliphatic rings. The van der Waals surface area contributed by atoms with Crippen molar-refractivity contribution in [2.24, 2.45) is 5.92 Å². The van der Waals surface area contributed by atoms with E-state index in [-0.39, 0.29) is 0 Å². The van der Waals surface area contributed by atoms with Gasteiger partial charge in [-0.3, -0.25) is 9.97 Å². The number of rotatable bonds is 7. The van der Waals surface area contributed by atoms with Gasteiger partial charge in [0.05, 0.1) is 21.4 Å². The van der Waals surface area contributed by atoms with E-state index in [9.17, 15) is 0 Å². The summed E-state index contributed by atoms with van der Waals surface area (Å²) in [6, 6.07) is 4.43. The smallest absolute Gasteiger partial charge is 0.224 e. The maximum absolute atomic E-state index is 4.77. The van der Waals surface area contributed by atoms with Crippen LogP contribution >= 0.6 is 27.9 Å². The standard InChI is InChI=1S/C22H28BrN7S/c1-4-14-5-7-15(8-6-14)27-22-26-13-16(23)21(29-22)28-18-10-9-17-19(25-12-11-24-17)20(18)30(2)31-3/h9-15H,4-8H2,1-3H3,(H2,26,27,28,29)/t14-,15-. The van der Waals surface area contributed by atoms with Crippen molar-refractivity contribution in [2.75, 3.05) is 28.2 Å². The van der Waals surface area contributed by atoms with Crippen molar-refractivity contribution < 1.29 is 0 Å². The highest BCUT2D eigenvalue weighted by Gasteiger charge is 2.21. The van der Waals surface area contributed by atoms with Crippen LogP contribution in [0.5, 0.6) is 0 Å². The second-order valence-electron chi connectivity index (χ2n) is 7.85. The molecule has 0 bridgehead atoms. The van der Waals surface area contributed by atoms with Gasteiger partial charge in [0, 0.05) is 37.9 Å². The molecule has 9 heteroatoms. The molecule has 0 radical (unpaired) electrons. The van der Waals surface area contributed by atoms with Gasteiger partial charge in [0.25, 0.3) is 0 Å². The molecule has 31 heavy (non-hydrogen) atoms. The van der Waals surface area contributed by atoms with Crippen LogP contribution in [0.25, 0.3) is 11.0 Å². The van der Waals surface area contributed by atoms with Crippen molar-refractivity contribution in [3.63, 3.8) is 0 Å². The molecule has 1 fully saturated rings. The van der Waals surface area contributed by atoms with Crippen molar-refractivity contribution in [2.45, 2.75) is 45.1 Å². The van der Waals surface area contributed by atoms with Crippen molar-refractivity contribution in [1.82, 2.24) is 19.9 Å². The number of benzene rings is 1. The van der Waals surface area contributed by atoms with Crippen molar-refractivity contribution in [3.8, 4) is 0 Å². The van der Waals surface area contributed by atoms with E-state index in [1.165, 1.54) is 32.1 Å². The molecule has 0 atom stereocenters. The number of hydrogen-bond donors (Lipinski definition) is 2. The number of fused-ring (bicyclic) bond motifs is 1. The van der Waals surface area contributed by atoms with E-state index >= 15 is 0 Å². The number of aromatic nitrogens is 4. The van der Waals surface area contributed by atoms with Crippen molar-refractivity contribution >= 4 is 62.1 Å². The van der Waals surface area contributed by atoms with Gasteiger partial charge < -0.3 is 14.9 Å². The van der Waals surface area contributed by atoms with Crippen LogP contribution in [-0.4, -0.2) is 39.3 Å². The molecular weight excluding hydrogens is 474 g/mol. The summed E-state index contributed by atoms with van der Waals surface area (Å²) in [5.74, 6) is 2.24. The summed E-state index contributed by atoms with van der Waals surface area (Å²) in [5, 5.41) is 7.02. The van der Waals surface area contributed by atoms with Crippen LogP contribution in [-0.2, 0) is 0 Å². The number of nitrogens with one attached hydrogen (secondary N) is 2. The Kier molecular flexibility index (Phi) is 7.12. The van der Waals surface area contributed by atoms with E-state index in [2.05, 4.69) is 52.7 Å². The van der Waals surface area contributed by atoms with E-state index in [1.54, 1.807) is 30.5 Å². The number of anilines is 4. The Morgan fingerprint density at radius 1 is 1.13 bits per heavy atom. The molecule has 1 aromatic carbocycles. The first-order valence-corrected chi connectivity index (χ1v) is 12.6. The maximum Gasteiger partial charge on any atom is 0.224 e. The fourth-order valence-electron chi connectivity index (χ4n) is 4.08. The molecule has 2 aromatic heterocycles. The van der Waals surface area contributed by atoms with E-state index in [1.807, 2.05) is 25.4 Å². The minimum Gasteiger partial charge on any atom is -0.351 e. The highest BCUT2D eigenvalue weighted by Crippen LogP contribution is 2.37. The summed E-state index contributed by atoms with van der Waals surface area (Å²) in [5.41, 5.74) is 3.59. The topological polar surface area (TPSA) is 78.9 Å². The Balaban J connectivity index is 1.59. The molecule has 164 valence electrons. The highest BCUT2D eigenvalue weighted by atomic mass is 79.9. The first kappa shape index (κ1) is 22.1. The molecule has 0 aliphatic heterocycles. The summed E-state index contributed by atoms with van der Waals surface area (Å²) < 4.78 is 2.89. The van der Waals surface area contributed by atoms with Crippen LogP contribution in [0.4, 0.5) is 23.1 Å². The third-order valence-electron chi connectivity index (χ3n) is 5.96. The van der Waals surface area contributed by atoms with Gasteiger partial charge in [0.1, 0.15) is 11.3 Å². The average Bonchev–Trinajstić information content (AvgIpc) is 2.81. The Labute approximate surface area is 196 Å². The molecule has 0 saturated heterocycles. The van der Waals surface area contributed by atoms with Gasteiger partial charge in [-0.2, -0.15) is 4.98 Å². The fourth-order valence-corrected chi connectivity index (χ4v) is 4.74. The summed E-state index contributed by atoms with van der Waals surface area (Å²) >= 11 is 5.22. The monoisotopic (exact) mass is 501 g/mol. The quantitative estimate of drug-likeness (QED) is 0.380. The van der Waals surface area contributed by atoms with Gasteiger partial charge >= 0.3 is 0 Å². The molecule has 0 unspecified atom stereocenters. The van der Waals surface area contributed by atoms with Crippen LogP contribution in [0, 0.1) is 5.92 Å². The largest absolute Gasteiger partial charge is 0.351 e. The molecule has 0 amide bonds. The molecule has 2 N–H and O–H groups in total. The van der Waals surface area contributed by atoms with Crippen molar-refractivity contribution in [3.05, 3.63) is 35.2 Å². The van der Waals surface area contributed by atoms with Crippen LogP contribution in [0.1, 0.15) is 39.0 Å². The Bertz CT molecular complexity index is 1040. The number of hydrogen-bond acceptors (Lipinski definition) is 8. The zero-order valence-corrected chi connectivity index (χ0v) is 20.5. The number of nitrogens with zero attached hydrogens (tertiary/aromatic N) is 5. The van der Waals surface area contributed by atoms with Gasteiger partial charge in [-0.25, -0.2) is 4.98 Å². The predicted molar refractivity (Wildman–Crippen MR) is 134 cm³/mol. The van der Waals surface area contributed by atoms with Gasteiger partial charge in [-0.05, 0) is 59.7 Å². The zero-order chi connectivity index (χ0) is 21.8. The lowest BCUT2D eigenvalue weighted by Crippen LogP contribution is -2.26. The predicted octanol–water partition coefficient (Wildman–Crippen LogP) is 6.02. The summed E-state index contributed by atoms with van der Waals surface area (Å²) in [7, 11) is 2.02. The normalized spacial score (nSPS) is 18.7. The summed E-state index contributed by atoms with van der Waals surface area (Å²) in [4.78, 5) is 18.3. The highest BCUT2D eigenvalue weighted by molar-refractivity contribution is 9.10. The fraction of sp³-hybridized carbons (Fsp3) is 0.455. The van der Waals surface area contributed by atoms with Crippen molar-refractivity contribution in [1.29, 1.82) is 0 Å². The minimum absolute atomic E-state index is 0.436. The first-order chi connectivity index (χ1) is 15.1. The lowest BCUT2D eigenvalue weighted by molar-refractivity contribution is 0.329. The molecule has 4 rings (SSSR count). The molecule has 7 nitrogen and oxygen atoms in total. The average molecular weight is 502 g/mol. The number of halogens is 1. The Morgan fingerprint density at radius 3 is 2.65 bits per heavy atom. The summed E-state index contributed by atoms with van der Waals surface area (Å²) in [6.45, 7) is 2.29. The lowest BCUT2D eigenvalue weighted by atomic mass is 9.85. The van der Waals surface area contributed by atoms with Gasteiger partial charge in [0.2, 0.25) is 5.95 Å². The molecule has 2 heterocycles. The molecule has 0 spiro atoms. The lowest BCUT2D eigenvalue weighted by Gasteiger charge is -2.28.